The van der Waals surface area contributed by atoms with Gasteiger partial charge in [-0.15, -0.1) is 0 Å². The standard InChI is InChI=1S/C29H31N3O4.C26H29N5O2/c1-35-25-12-11-22(19-26(25)36-2)20-32-28(33)23-9-6-10-24(27(23)29(32)34)31-17-15-30(16-18-31)14-13-21-7-4-3-5-8-21;1-18-22(19(2)28(3)27-18)17-31-25(32)21-10-7-11-23(24(21)26(31)33)30-14-12-29(13-15-30)16-20-8-5-4-6-9-20/h3-12,19H,13-18,20H2,1-2H3;4-11H,12-17H2,1-3H3. The first-order chi connectivity index (χ1) is 33.5. The number of hydrogen-bond donors (Lipinski definition) is 0. The second kappa shape index (κ2) is 20.5. The molecule has 4 aliphatic heterocycles. The van der Waals surface area contributed by atoms with Crippen LogP contribution >= 0.6 is 0 Å². The molecule has 14 heteroatoms. The minimum Gasteiger partial charge on any atom is -0.493 e. The van der Waals surface area contributed by atoms with Gasteiger partial charge in [0.25, 0.3) is 23.6 Å². The number of anilines is 2. The van der Waals surface area contributed by atoms with Crippen molar-refractivity contribution < 1.29 is 28.7 Å². The number of benzene rings is 5. The van der Waals surface area contributed by atoms with Crippen molar-refractivity contribution in [2.45, 2.75) is 39.9 Å². The molecule has 2 fully saturated rings. The van der Waals surface area contributed by atoms with Crippen molar-refractivity contribution >= 4 is 35.0 Å². The highest BCUT2D eigenvalue weighted by Crippen LogP contribution is 2.36. The van der Waals surface area contributed by atoms with Crippen LogP contribution < -0.4 is 19.3 Å². The summed E-state index contributed by atoms with van der Waals surface area (Å²) in [6.45, 7) is 13.2. The van der Waals surface area contributed by atoms with Crippen molar-refractivity contribution in [2.75, 3.05) is 82.9 Å². The number of methoxy groups -OCH3 is 2. The summed E-state index contributed by atoms with van der Waals surface area (Å²) < 4.78 is 12.5. The number of hydrogen-bond acceptors (Lipinski definition) is 11. The minimum absolute atomic E-state index is 0.180. The molecule has 0 aliphatic carbocycles. The van der Waals surface area contributed by atoms with Crippen molar-refractivity contribution in [3.8, 4) is 11.5 Å². The van der Waals surface area contributed by atoms with E-state index < -0.39 is 0 Å². The van der Waals surface area contributed by atoms with E-state index in [0.29, 0.717) is 33.8 Å². The molecule has 0 bridgehead atoms. The number of aromatic nitrogens is 2. The lowest BCUT2D eigenvalue weighted by Gasteiger charge is -2.36. The molecule has 2 saturated heterocycles. The molecule has 5 aromatic carbocycles. The molecule has 0 radical (unpaired) electrons. The van der Waals surface area contributed by atoms with Gasteiger partial charge >= 0.3 is 0 Å². The average molecular weight is 929 g/mol. The molecule has 4 amide bonds. The Kier molecular flexibility index (Phi) is 13.9. The molecule has 10 rings (SSSR count). The third-order valence-electron chi connectivity index (χ3n) is 14.0. The lowest BCUT2D eigenvalue weighted by molar-refractivity contribution is 0.0627. The Labute approximate surface area is 404 Å². The fraction of sp³-hybridized carbons (Fsp3) is 0.327. The average Bonchev–Trinajstić information content (AvgIpc) is 3.89. The summed E-state index contributed by atoms with van der Waals surface area (Å²) in [6.07, 6.45) is 1.03. The van der Waals surface area contributed by atoms with Crippen molar-refractivity contribution in [1.82, 2.24) is 29.4 Å². The quantitative estimate of drug-likeness (QED) is 0.111. The minimum atomic E-state index is -0.256. The largest absolute Gasteiger partial charge is 0.493 e. The van der Waals surface area contributed by atoms with E-state index in [1.807, 2.05) is 63.4 Å². The summed E-state index contributed by atoms with van der Waals surface area (Å²) in [6, 6.07) is 37.7. The van der Waals surface area contributed by atoms with Crippen LogP contribution in [0, 0.1) is 13.8 Å². The van der Waals surface area contributed by atoms with Crippen LogP contribution in [0.5, 0.6) is 11.5 Å². The van der Waals surface area contributed by atoms with Gasteiger partial charge in [-0.2, -0.15) is 5.10 Å². The number of ether oxygens (including phenoxy) is 2. The monoisotopic (exact) mass is 928 g/mol. The van der Waals surface area contributed by atoms with Crippen LogP contribution in [0.15, 0.2) is 115 Å². The molecule has 0 unspecified atom stereocenters. The summed E-state index contributed by atoms with van der Waals surface area (Å²) >= 11 is 0. The van der Waals surface area contributed by atoms with Gasteiger partial charge in [-0.25, -0.2) is 0 Å². The second-order valence-electron chi connectivity index (χ2n) is 18.1. The first kappa shape index (κ1) is 46.8. The third kappa shape index (κ3) is 9.72. The molecular formula is C55H60N8O6. The van der Waals surface area contributed by atoms with Crippen molar-refractivity contribution in [3.05, 3.63) is 171 Å². The first-order valence-corrected chi connectivity index (χ1v) is 23.7. The van der Waals surface area contributed by atoms with Crippen molar-refractivity contribution in [1.29, 1.82) is 0 Å². The van der Waals surface area contributed by atoms with Crippen molar-refractivity contribution in [3.63, 3.8) is 0 Å². The maximum Gasteiger partial charge on any atom is 0.263 e. The van der Waals surface area contributed by atoms with E-state index in [1.54, 1.807) is 43.2 Å². The Balaban J connectivity index is 0.000000172. The molecule has 69 heavy (non-hydrogen) atoms. The molecule has 6 aromatic rings. The molecule has 4 aliphatic rings. The van der Waals surface area contributed by atoms with Crippen molar-refractivity contribution in [2.24, 2.45) is 7.05 Å². The van der Waals surface area contributed by atoms with E-state index in [0.717, 1.165) is 106 Å². The second-order valence-corrected chi connectivity index (χ2v) is 18.1. The lowest BCUT2D eigenvalue weighted by atomic mass is 10.1. The molecule has 0 atom stereocenters. The zero-order valence-corrected chi connectivity index (χ0v) is 40.2. The van der Waals surface area contributed by atoms with Gasteiger partial charge in [0.15, 0.2) is 11.5 Å². The number of carbonyl (C=O) groups is 4. The highest BCUT2D eigenvalue weighted by Gasteiger charge is 2.41. The summed E-state index contributed by atoms with van der Waals surface area (Å²) in [5, 5.41) is 4.43. The lowest BCUT2D eigenvalue weighted by Crippen LogP contribution is -2.47. The fourth-order valence-electron chi connectivity index (χ4n) is 9.94. The van der Waals surface area contributed by atoms with Gasteiger partial charge in [0, 0.05) is 83.8 Å². The number of aryl methyl sites for hydroxylation is 2. The number of carbonyl (C=O) groups excluding carboxylic acids is 4. The molecular weight excluding hydrogens is 869 g/mol. The van der Waals surface area contributed by atoms with Gasteiger partial charge in [0.1, 0.15) is 0 Å². The SMILES string of the molecule is COc1ccc(CN2C(=O)c3cccc(N4CCN(CCc5ccccc5)CC4)c3C2=O)cc1OC.Cc1nn(C)c(C)c1CN1C(=O)c2cccc(N3CCN(Cc4ccccc4)CC3)c2C1=O. The maximum absolute atomic E-state index is 13.5. The normalized spacial score (nSPS) is 16.2. The highest BCUT2D eigenvalue weighted by molar-refractivity contribution is 6.24. The number of fused-ring (bicyclic) bond motifs is 2. The van der Waals surface area contributed by atoms with Gasteiger partial charge in [0.2, 0.25) is 0 Å². The molecule has 14 nitrogen and oxygen atoms in total. The Morgan fingerprint density at radius 2 is 1.03 bits per heavy atom. The predicted molar refractivity (Wildman–Crippen MR) is 266 cm³/mol. The molecule has 5 heterocycles. The van der Waals surface area contributed by atoms with Gasteiger partial charge in [0.05, 0.1) is 66.6 Å². The number of nitrogens with zero attached hydrogens (tertiary/aromatic N) is 8. The van der Waals surface area contributed by atoms with Gasteiger partial charge in [-0.3, -0.25) is 43.5 Å². The van der Waals surface area contributed by atoms with E-state index in [2.05, 4.69) is 73.2 Å². The molecule has 0 saturated carbocycles. The Bertz CT molecular complexity index is 2850. The van der Waals surface area contributed by atoms with Crippen LogP contribution in [0.25, 0.3) is 0 Å². The number of amides is 4. The Morgan fingerprint density at radius 1 is 0.507 bits per heavy atom. The summed E-state index contributed by atoms with van der Waals surface area (Å²) in [5.74, 6) is 0.244. The smallest absolute Gasteiger partial charge is 0.263 e. The van der Waals surface area contributed by atoms with E-state index in [-0.39, 0.29) is 36.7 Å². The summed E-state index contributed by atoms with van der Waals surface area (Å²) in [4.78, 5) is 65.4. The first-order valence-electron chi connectivity index (χ1n) is 23.7. The third-order valence-corrected chi connectivity index (χ3v) is 14.0. The fourth-order valence-corrected chi connectivity index (χ4v) is 9.94. The van der Waals surface area contributed by atoms with E-state index in [1.165, 1.54) is 20.9 Å². The molecule has 1 aromatic heterocycles. The molecule has 356 valence electrons. The van der Waals surface area contributed by atoms with Crippen LogP contribution in [0.3, 0.4) is 0 Å². The summed E-state index contributed by atoms with van der Waals surface area (Å²) in [5.41, 5.74) is 9.96. The van der Waals surface area contributed by atoms with Crippen LogP contribution in [0.2, 0.25) is 0 Å². The maximum atomic E-state index is 13.5. The van der Waals surface area contributed by atoms with Gasteiger partial charge in [-0.05, 0) is 73.4 Å². The summed E-state index contributed by atoms with van der Waals surface area (Å²) in [7, 11) is 5.02. The van der Waals surface area contributed by atoms with Crippen LogP contribution in [-0.2, 0) is 33.1 Å². The van der Waals surface area contributed by atoms with Crippen LogP contribution in [-0.4, -0.2) is 126 Å². The number of rotatable bonds is 13. The zero-order chi connectivity index (χ0) is 48.2. The van der Waals surface area contributed by atoms with Gasteiger partial charge < -0.3 is 19.3 Å². The molecule has 0 N–H and O–H groups in total. The topological polar surface area (TPSA) is 124 Å². The Hall–Kier alpha value is -7.29. The van der Waals surface area contributed by atoms with E-state index in [9.17, 15) is 19.2 Å². The Morgan fingerprint density at radius 3 is 1.55 bits per heavy atom. The molecule has 0 spiro atoms. The van der Waals surface area contributed by atoms with Crippen LogP contribution in [0.1, 0.15) is 75.1 Å². The number of piperazine rings is 2. The van der Waals surface area contributed by atoms with Gasteiger partial charge in [-0.1, -0.05) is 78.9 Å². The number of imide groups is 2. The highest BCUT2D eigenvalue weighted by atomic mass is 16.5. The predicted octanol–water partition coefficient (Wildman–Crippen LogP) is 7.02. The van der Waals surface area contributed by atoms with Crippen LogP contribution in [0.4, 0.5) is 11.4 Å². The zero-order valence-electron chi connectivity index (χ0n) is 40.2. The van der Waals surface area contributed by atoms with E-state index >= 15 is 0 Å². The van der Waals surface area contributed by atoms with E-state index in [4.69, 9.17) is 9.47 Å².